The van der Waals surface area contributed by atoms with Crippen molar-refractivity contribution in [2.45, 2.75) is 38.6 Å². The van der Waals surface area contributed by atoms with Crippen molar-refractivity contribution in [2.75, 3.05) is 32.1 Å². The van der Waals surface area contributed by atoms with Crippen molar-refractivity contribution in [1.29, 1.82) is 0 Å². The van der Waals surface area contributed by atoms with E-state index in [0.29, 0.717) is 33.5 Å². The van der Waals surface area contributed by atoms with Gasteiger partial charge in [-0.25, -0.2) is 4.90 Å². The molecule has 0 saturated carbocycles. The van der Waals surface area contributed by atoms with Crippen molar-refractivity contribution in [3.8, 4) is 0 Å². The SMILES string of the molecule is CC(C)c1ccc(N2C(=O)C(c3ccc(Cl)cc3)=C(N(C)C3CCN(C)CC3)C2=O)cc1. The first kappa shape index (κ1) is 22.6. The van der Waals surface area contributed by atoms with Gasteiger partial charge in [-0.05, 0) is 74.3 Å². The number of imide groups is 1. The molecule has 168 valence electrons. The third kappa shape index (κ3) is 4.19. The van der Waals surface area contributed by atoms with E-state index in [2.05, 4.69) is 25.8 Å². The summed E-state index contributed by atoms with van der Waals surface area (Å²) >= 11 is 6.09. The lowest BCUT2D eigenvalue weighted by Crippen LogP contribution is -2.43. The first-order chi connectivity index (χ1) is 15.3. The number of rotatable bonds is 5. The topological polar surface area (TPSA) is 43.9 Å². The molecule has 2 aromatic carbocycles. The van der Waals surface area contributed by atoms with E-state index < -0.39 is 0 Å². The van der Waals surface area contributed by atoms with E-state index in [1.807, 2.05) is 48.3 Å². The van der Waals surface area contributed by atoms with Crippen LogP contribution in [0.15, 0.2) is 54.2 Å². The second kappa shape index (κ2) is 9.08. The first-order valence-electron chi connectivity index (χ1n) is 11.2. The summed E-state index contributed by atoms with van der Waals surface area (Å²) in [4.78, 5) is 33.0. The maximum absolute atomic E-state index is 13.7. The fourth-order valence-corrected chi connectivity index (χ4v) is 4.66. The Kier molecular flexibility index (Phi) is 6.40. The molecule has 2 aromatic rings. The van der Waals surface area contributed by atoms with Gasteiger partial charge in [-0.2, -0.15) is 0 Å². The molecule has 1 saturated heterocycles. The zero-order valence-corrected chi connectivity index (χ0v) is 19.9. The van der Waals surface area contributed by atoms with E-state index in [1.54, 1.807) is 12.1 Å². The summed E-state index contributed by atoms with van der Waals surface area (Å²) in [5.74, 6) is -0.175. The molecule has 2 aliphatic rings. The third-order valence-corrected chi connectivity index (χ3v) is 6.85. The van der Waals surface area contributed by atoms with Crippen LogP contribution in [0, 0.1) is 0 Å². The second-order valence-electron chi connectivity index (χ2n) is 9.07. The van der Waals surface area contributed by atoms with Gasteiger partial charge in [0, 0.05) is 18.1 Å². The molecule has 0 unspecified atom stereocenters. The van der Waals surface area contributed by atoms with E-state index in [9.17, 15) is 9.59 Å². The number of anilines is 1. The van der Waals surface area contributed by atoms with Gasteiger partial charge in [0.05, 0.1) is 11.3 Å². The molecule has 2 amide bonds. The highest BCUT2D eigenvalue weighted by molar-refractivity contribution is 6.45. The van der Waals surface area contributed by atoms with Crippen LogP contribution in [0.5, 0.6) is 0 Å². The lowest BCUT2D eigenvalue weighted by atomic mass is 10.00. The van der Waals surface area contributed by atoms with E-state index in [1.165, 1.54) is 10.5 Å². The molecule has 1 fully saturated rings. The van der Waals surface area contributed by atoms with Gasteiger partial charge in [0.15, 0.2) is 0 Å². The van der Waals surface area contributed by atoms with Crippen LogP contribution in [0.25, 0.3) is 5.57 Å². The highest BCUT2D eigenvalue weighted by Crippen LogP contribution is 2.36. The monoisotopic (exact) mass is 451 g/mol. The van der Waals surface area contributed by atoms with E-state index in [0.717, 1.165) is 25.9 Å². The molecule has 0 N–H and O–H groups in total. The predicted molar refractivity (Wildman–Crippen MR) is 130 cm³/mol. The predicted octanol–water partition coefficient (Wildman–Crippen LogP) is 4.77. The summed E-state index contributed by atoms with van der Waals surface area (Å²) in [6.07, 6.45) is 1.91. The zero-order valence-electron chi connectivity index (χ0n) is 19.1. The van der Waals surface area contributed by atoms with Crippen LogP contribution in [-0.2, 0) is 9.59 Å². The molecule has 0 atom stereocenters. The quantitative estimate of drug-likeness (QED) is 0.614. The van der Waals surface area contributed by atoms with Crippen molar-refractivity contribution in [3.63, 3.8) is 0 Å². The number of benzene rings is 2. The number of carbonyl (C=O) groups excluding carboxylic acids is 2. The van der Waals surface area contributed by atoms with Crippen LogP contribution in [0.1, 0.15) is 43.7 Å². The van der Waals surface area contributed by atoms with Gasteiger partial charge < -0.3 is 9.80 Å². The molecular formula is C26H30ClN3O2. The Morgan fingerprint density at radius 1 is 0.938 bits per heavy atom. The summed E-state index contributed by atoms with van der Waals surface area (Å²) in [5, 5.41) is 0.595. The Labute approximate surface area is 195 Å². The molecule has 0 aromatic heterocycles. The third-order valence-electron chi connectivity index (χ3n) is 6.60. The van der Waals surface area contributed by atoms with Gasteiger partial charge in [-0.1, -0.05) is 49.7 Å². The number of amides is 2. The van der Waals surface area contributed by atoms with Crippen molar-refractivity contribution in [2.24, 2.45) is 0 Å². The molecule has 2 heterocycles. The number of nitrogens with zero attached hydrogens (tertiary/aromatic N) is 3. The smallest absolute Gasteiger partial charge is 0.282 e. The molecular weight excluding hydrogens is 422 g/mol. The van der Waals surface area contributed by atoms with Crippen molar-refractivity contribution >= 4 is 34.7 Å². The summed E-state index contributed by atoms with van der Waals surface area (Å²) in [6.45, 7) is 6.19. The average Bonchev–Trinajstić information content (AvgIpc) is 3.04. The number of hydrogen-bond acceptors (Lipinski definition) is 4. The normalized spacial score (nSPS) is 18.2. The maximum atomic E-state index is 13.7. The number of piperidine rings is 1. The van der Waals surface area contributed by atoms with Crippen LogP contribution in [0.3, 0.4) is 0 Å². The van der Waals surface area contributed by atoms with Crippen LogP contribution in [-0.4, -0.2) is 54.8 Å². The number of likely N-dealkylation sites (N-methyl/N-ethyl adjacent to an activating group) is 1. The number of halogens is 1. The average molecular weight is 452 g/mol. The summed E-state index contributed by atoms with van der Waals surface area (Å²) in [5.41, 5.74) is 3.40. The number of hydrogen-bond donors (Lipinski definition) is 0. The molecule has 0 radical (unpaired) electrons. The molecule has 0 spiro atoms. The van der Waals surface area contributed by atoms with Crippen LogP contribution in [0.2, 0.25) is 5.02 Å². The largest absolute Gasteiger partial charge is 0.366 e. The van der Waals surface area contributed by atoms with Crippen LogP contribution >= 0.6 is 11.6 Å². The molecule has 0 bridgehead atoms. The van der Waals surface area contributed by atoms with Crippen LogP contribution < -0.4 is 4.90 Å². The van der Waals surface area contributed by atoms with Gasteiger partial charge in [-0.3, -0.25) is 9.59 Å². The highest BCUT2D eigenvalue weighted by atomic mass is 35.5. The fourth-order valence-electron chi connectivity index (χ4n) is 4.53. The Balaban J connectivity index is 1.75. The molecule has 5 nitrogen and oxygen atoms in total. The molecule has 32 heavy (non-hydrogen) atoms. The lowest BCUT2D eigenvalue weighted by molar-refractivity contribution is -0.120. The van der Waals surface area contributed by atoms with Gasteiger partial charge in [-0.15, -0.1) is 0 Å². The Hall–Kier alpha value is -2.63. The summed E-state index contributed by atoms with van der Waals surface area (Å²) in [7, 11) is 4.05. The maximum Gasteiger partial charge on any atom is 0.282 e. The Morgan fingerprint density at radius 3 is 2.09 bits per heavy atom. The summed E-state index contributed by atoms with van der Waals surface area (Å²) < 4.78 is 0. The van der Waals surface area contributed by atoms with Gasteiger partial charge in [0.2, 0.25) is 0 Å². The Bertz CT molecular complexity index is 1040. The Morgan fingerprint density at radius 2 is 1.53 bits per heavy atom. The van der Waals surface area contributed by atoms with E-state index >= 15 is 0 Å². The molecule has 0 aliphatic carbocycles. The first-order valence-corrected chi connectivity index (χ1v) is 11.6. The van der Waals surface area contributed by atoms with Crippen molar-refractivity contribution in [3.05, 3.63) is 70.4 Å². The lowest BCUT2D eigenvalue weighted by Gasteiger charge is -2.36. The minimum absolute atomic E-state index is 0.212. The molecule has 6 heteroatoms. The van der Waals surface area contributed by atoms with Crippen molar-refractivity contribution < 1.29 is 9.59 Å². The standard InChI is InChI=1S/C26H30ClN3O2/c1-17(2)18-7-11-22(12-8-18)30-25(31)23(19-5-9-20(27)10-6-19)24(26(30)32)29(4)21-13-15-28(3)16-14-21/h5-12,17,21H,13-16H2,1-4H3. The highest BCUT2D eigenvalue weighted by Gasteiger charge is 2.43. The molecule has 4 rings (SSSR count). The van der Waals surface area contributed by atoms with Crippen LogP contribution in [0.4, 0.5) is 5.69 Å². The van der Waals surface area contributed by atoms with Gasteiger partial charge in [0.25, 0.3) is 11.8 Å². The summed E-state index contributed by atoms with van der Waals surface area (Å²) in [6, 6.07) is 15.1. The minimum Gasteiger partial charge on any atom is -0.366 e. The zero-order chi connectivity index (χ0) is 23.0. The van der Waals surface area contributed by atoms with E-state index in [-0.39, 0.29) is 17.9 Å². The number of carbonyl (C=O) groups is 2. The minimum atomic E-state index is -0.288. The second-order valence-corrected chi connectivity index (χ2v) is 9.50. The number of likely N-dealkylation sites (tertiary alicyclic amines) is 1. The van der Waals surface area contributed by atoms with E-state index in [4.69, 9.17) is 11.6 Å². The molecule has 2 aliphatic heterocycles. The van der Waals surface area contributed by atoms with Gasteiger partial charge >= 0.3 is 0 Å². The van der Waals surface area contributed by atoms with Crippen molar-refractivity contribution in [1.82, 2.24) is 9.80 Å². The fraction of sp³-hybridized carbons (Fsp3) is 0.385. The van der Waals surface area contributed by atoms with Gasteiger partial charge in [0.1, 0.15) is 5.70 Å².